The van der Waals surface area contributed by atoms with Gasteiger partial charge in [0.25, 0.3) is 11.1 Å². The van der Waals surface area contributed by atoms with Crippen LogP contribution in [0.3, 0.4) is 0 Å². The number of thioether (sulfide) groups is 1. The fraction of sp³-hybridized carbons (Fsp3) is 0.333. The highest BCUT2D eigenvalue weighted by Crippen LogP contribution is 2.34. The zero-order chi connectivity index (χ0) is 20.2. The normalized spacial score (nSPS) is 21.2. The molecular formula is C21H21N3O4S. The molecule has 0 saturated carbocycles. The first-order chi connectivity index (χ1) is 14.1. The lowest BCUT2D eigenvalue weighted by Crippen LogP contribution is -2.40. The molecule has 1 unspecified atom stereocenters. The van der Waals surface area contributed by atoms with Crippen LogP contribution in [0, 0.1) is 0 Å². The molecule has 4 heterocycles. The molecule has 2 saturated heterocycles. The van der Waals surface area contributed by atoms with E-state index in [-0.39, 0.29) is 36.1 Å². The van der Waals surface area contributed by atoms with Gasteiger partial charge in [-0.25, -0.2) is 0 Å². The van der Waals surface area contributed by atoms with Crippen molar-refractivity contribution in [3.05, 3.63) is 59.2 Å². The maximum Gasteiger partial charge on any atom is 0.293 e. The maximum atomic E-state index is 12.9. The summed E-state index contributed by atoms with van der Waals surface area (Å²) < 4.78 is 5.21. The topological polar surface area (TPSA) is 83.7 Å². The summed E-state index contributed by atoms with van der Waals surface area (Å²) in [6.45, 7) is 0.758. The predicted octanol–water partition coefficient (Wildman–Crippen LogP) is 3.85. The van der Waals surface area contributed by atoms with Gasteiger partial charge >= 0.3 is 0 Å². The van der Waals surface area contributed by atoms with Crippen LogP contribution in [0.4, 0.5) is 4.79 Å². The number of piperidine rings is 1. The number of imide groups is 1. The number of nitrogens with zero attached hydrogens (tertiary/aromatic N) is 3. The first-order valence-electron chi connectivity index (χ1n) is 9.62. The van der Waals surface area contributed by atoms with Crippen LogP contribution in [0.25, 0.3) is 6.08 Å². The maximum absolute atomic E-state index is 12.9. The van der Waals surface area contributed by atoms with Crippen LogP contribution < -0.4 is 0 Å². The number of pyridine rings is 1. The van der Waals surface area contributed by atoms with E-state index >= 15 is 0 Å². The van der Waals surface area contributed by atoms with Crippen molar-refractivity contribution in [3.63, 3.8) is 0 Å². The number of hydrogen-bond donors (Lipinski definition) is 0. The number of rotatable bonds is 5. The molecule has 29 heavy (non-hydrogen) atoms. The van der Waals surface area contributed by atoms with E-state index in [1.807, 2.05) is 17.0 Å². The molecule has 0 bridgehead atoms. The first-order valence-corrected chi connectivity index (χ1v) is 10.4. The van der Waals surface area contributed by atoms with Crippen molar-refractivity contribution in [1.82, 2.24) is 14.8 Å². The van der Waals surface area contributed by atoms with Gasteiger partial charge in [-0.3, -0.25) is 24.3 Å². The van der Waals surface area contributed by atoms with Gasteiger partial charge in [-0.1, -0.05) is 6.07 Å². The number of likely N-dealkylation sites (tertiary alicyclic amines) is 1. The van der Waals surface area contributed by atoms with E-state index in [9.17, 15) is 14.4 Å². The summed E-state index contributed by atoms with van der Waals surface area (Å²) in [6.07, 6.45) is 9.59. The van der Waals surface area contributed by atoms with E-state index < -0.39 is 0 Å². The molecule has 8 heteroatoms. The van der Waals surface area contributed by atoms with Gasteiger partial charge in [-0.05, 0) is 54.8 Å². The fourth-order valence-electron chi connectivity index (χ4n) is 3.70. The lowest BCUT2D eigenvalue weighted by atomic mass is 9.96. The fourth-order valence-corrected chi connectivity index (χ4v) is 4.54. The summed E-state index contributed by atoms with van der Waals surface area (Å²) in [6, 6.07) is 7.29. The largest absolute Gasteiger partial charge is 0.465 e. The Kier molecular flexibility index (Phi) is 5.80. The third-order valence-electron chi connectivity index (χ3n) is 5.13. The first kappa shape index (κ1) is 19.4. The Balaban J connectivity index is 1.41. The number of hydrogen-bond acceptors (Lipinski definition) is 6. The number of aromatic nitrogens is 1. The molecule has 0 spiro atoms. The smallest absolute Gasteiger partial charge is 0.293 e. The van der Waals surface area contributed by atoms with Crippen molar-refractivity contribution in [2.75, 3.05) is 13.1 Å². The Morgan fingerprint density at radius 3 is 2.93 bits per heavy atom. The highest BCUT2D eigenvalue weighted by Gasteiger charge is 2.36. The van der Waals surface area contributed by atoms with Gasteiger partial charge in [0.1, 0.15) is 5.76 Å². The highest BCUT2D eigenvalue weighted by molar-refractivity contribution is 8.18. The SMILES string of the molecule is O=C1S/C(=C\c2ccco2)C(=O)N1CCC(=O)N1CCCCC1c1cccnc1. The van der Waals surface area contributed by atoms with Crippen LogP contribution in [0.1, 0.15) is 43.0 Å². The van der Waals surface area contributed by atoms with Crippen LogP contribution in [-0.4, -0.2) is 44.9 Å². The van der Waals surface area contributed by atoms with E-state index in [4.69, 9.17) is 4.42 Å². The number of carbonyl (C=O) groups is 3. The van der Waals surface area contributed by atoms with Gasteiger partial charge in [-0.2, -0.15) is 0 Å². The van der Waals surface area contributed by atoms with E-state index in [0.29, 0.717) is 17.2 Å². The highest BCUT2D eigenvalue weighted by atomic mass is 32.2. The average Bonchev–Trinajstić information content (AvgIpc) is 3.35. The van der Waals surface area contributed by atoms with Crippen LogP contribution in [0.2, 0.25) is 0 Å². The monoisotopic (exact) mass is 411 g/mol. The summed E-state index contributed by atoms with van der Waals surface area (Å²) in [5.41, 5.74) is 1.02. The Bertz CT molecular complexity index is 927. The molecule has 7 nitrogen and oxygen atoms in total. The van der Waals surface area contributed by atoms with Crippen molar-refractivity contribution in [2.45, 2.75) is 31.7 Å². The summed E-state index contributed by atoms with van der Waals surface area (Å²) in [4.78, 5) is 45.2. The number of furan rings is 1. The second-order valence-electron chi connectivity index (χ2n) is 6.98. The molecule has 3 amide bonds. The minimum atomic E-state index is -0.383. The summed E-state index contributed by atoms with van der Waals surface area (Å²) in [5.74, 6) is 0.0819. The second-order valence-corrected chi connectivity index (χ2v) is 7.98. The van der Waals surface area contributed by atoms with Crippen LogP contribution in [0.5, 0.6) is 0 Å². The van der Waals surface area contributed by atoms with Gasteiger partial charge in [0.15, 0.2) is 0 Å². The number of amides is 3. The zero-order valence-corrected chi connectivity index (χ0v) is 16.6. The third kappa shape index (κ3) is 4.27. The molecule has 0 N–H and O–H groups in total. The molecule has 150 valence electrons. The second kappa shape index (κ2) is 8.65. The Hall–Kier alpha value is -2.87. The third-order valence-corrected chi connectivity index (χ3v) is 6.04. The van der Waals surface area contributed by atoms with Crippen molar-refractivity contribution < 1.29 is 18.8 Å². The minimum absolute atomic E-state index is 0.00119. The molecule has 2 aromatic heterocycles. The lowest BCUT2D eigenvalue weighted by molar-refractivity contribution is -0.135. The van der Waals surface area contributed by atoms with E-state index in [2.05, 4.69) is 4.98 Å². The van der Waals surface area contributed by atoms with Gasteiger partial charge in [0, 0.05) is 38.0 Å². The van der Waals surface area contributed by atoms with E-state index in [1.54, 1.807) is 30.6 Å². The zero-order valence-electron chi connectivity index (χ0n) is 15.8. The van der Waals surface area contributed by atoms with Crippen molar-refractivity contribution in [1.29, 1.82) is 0 Å². The van der Waals surface area contributed by atoms with Crippen LogP contribution in [0.15, 0.2) is 52.2 Å². The van der Waals surface area contributed by atoms with Crippen molar-refractivity contribution in [2.24, 2.45) is 0 Å². The molecule has 1 atom stereocenters. The molecule has 2 aliphatic heterocycles. The van der Waals surface area contributed by atoms with Crippen molar-refractivity contribution >= 4 is 34.9 Å². The number of carbonyl (C=O) groups excluding carboxylic acids is 3. The lowest BCUT2D eigenvalue weighted by Gasteiger charge is -2.36. The molecule has 2 aromatic rings. The summed E-state index contributed by atoms with van der Waals surface area (Å²) in [5, 5.41) is -0.358. The van der Waals surface area contributed by atoms with Crippen LogP contribution in [-0.2, 0) is 9.59 Å². The van der Waals surface area contributed by atoms with Gasteiger partial charge in [-0.15, -0.1) is 0 Å². The summed E-state index contributed by atoms with van der Waals surface area (Å²) >= 11 is 0.870. The molecule has 0 aliphatic carbocycles. The Morgan fingerprint density at radius 1 is 1.28 bits per heavy atom. The average molecular weight is 411 g/mol. The molecule has 0 aromatic carbocycles. The van der Waals surface area contributed by atoms with Crippen molar-refractivity contribution in [3.8, 4) is 0 Å². The minimum Gasteiger partial charge on any atom is -0.465 e. The van der Waals surface area contributed by atoms with Gasteiger partial charge in [0.2, 0.25) is 5.91 Å². The molecule has 0 radical (unpaired) electrons. The molecular weight excluding hydrogens is 390 g/mol. The molecule has 4 rings (SSSR count). The quantitative estimate of drug-likeness (QED) is 0.695. The Labute approximate surface area is 172 Å². The van der Waals surface area contributed by atoms with Crippen LogP contribution >= 0.6 is 11.8 Å². The van der Waals surface area contributed by atoms with E-state index in [0.717, 1.165) is 41.5 Å². The predicted molar refractivity (Wildman–Crippen MR) is 109 cm³/mol. The molecule has 2 aliphatic rings. The van der Waals surface area contributed by atoms with Gasteiger partial charge < -0.3 is 9.32 Å². The standard InChI is InChI=1S/C21H21N3O4S/c25-19(23-10-2-1-7-17(23)15-5-3-9-22-14-15)8-11-24-20(26)18(29-21(24)27)13-16-6-4-12-28-16/h3-6,9,12-14,17H,1-2,7-8,10-11H2/b18-13-. The molecule has 2 fully saturated rings. The van der Waals surface area contributed by atoms with Gasteiger partial charge in [0.05, 0.1) is 17.2 Å². The summed E-state index contributed by atoms with van der Waals surface area (Å²) in [7, 11) is 0. The Morgan fingerprint density at radius 2 is 2.17 bits per heavy atom. The van der Waals surface area contributed by atoms with E-state index in [1.165, 1.54) is 6.26 Å².